The molecule has 0 spiro atoms. The van der Waals surface area contributed by atoms with Crippen LogP contribution in [0.5, 0.6) is 11.5 Å². The van der Waals surface area contributed by atoms with Crippen molar-refractivity contribution in [1.82, 2.24) is 25.2 Å². The van der Waals surface area contributed by atoms with E-state index >= 15 is 0 Å². The van der Waals surface area contributed by atoms with E-state index in [0.29, 0.717) is 19.0 Å². The molecule has 3 heterocycles. The third-order valence-electron chi connectivity index (χ3n) is 3.31. The molecular weight excluding hydrogens is 282 g/mol. The first-order chi connectivity index (χ1) is 10.9. The van der Waals surface area contributed by atoms with Crippen LogP contribution in [0.2, 0.25) is 0 Å². The molecule has 0 radical (unpaired) electrons. The Morgan fingerprint density at radius 3 is 2.91 bits per heavy atom. The zero-order valence-electron chi connectivity index (χ0n) is 11.7. The molecule has 2 aromatic heterocycles. The molecule has 0 aliphatic carbocycles. The highest BCUT2D eigenvalue weighted by atomic mass is 16.6. The molecule has 22 heavy (non-hydrogen) atoms. The van der Waals surface area contributed by atoms with Gasteiger partial charge >= 0.3 is 0 Å². The van der Waals surface area contributed by atoms with Gasteiger partial charge in [-0.15, -0.1) is 10.2 Å². The van der Waals surface area contributed by atoms with Gasteiger partial charge in [0.1, 0.15) is 13.2 Å². The summed E-state index contributed by atoms with van der Waals surface area (Å²) < 4.78 is 11.6. The van der Waals surface area contributed by atoms with Gasteiger partial charge in [0.05, 0.1) is 0 Å². The van der Waals surface area contributed by atoms with Gasteiger partial charge in [0, 0.05) is 18.0 Å². The number of ether oxygens (including phenoxy) is 2. The molecule has 3 aromatic rings. The largest absolute Gasteiger partial charge is 0.486 e. The maximum Gasteiger partial charge on any atom is 0.206 e. The Balaban J connectivity index is 1.48. The lowest BCUT2D eigenvalue weighted by molar-refractivity contribution is 0.0722. The summed E-state index contributed by atoms with van der Waals surface area (Å²) in [6.45, 7) is 0.933. The van der Waals surface area contributed by atoms with Crippen molar-refractivity contribution >= 4 is 0 Å². The van der Waals surface area contributed by atoms with Crippen molar-refractivity contribution < 1.29 is 9.47 Å². The van der Waals surface area contributed by atoms with Crippen LogP contribution in [-0.2, 0) is 6.54 Å². The molecule has 0 saturated carbocycles. The number of hydrogen-bond acceptors (Lipinski definition) is 6. The maximum atomic E-state index is 5.88. The van der Waals surface area contributed by atoms with Crippen LogP contribution >= 0.6 is 0 Å². The van der Waals surface area contributed by atoms with E-state index in [1.807, 2.05) is 36.4 Å². The first kappa shape index (κ1) is 12.8. The van der Waals surface area contributed by atoms with Gasteiger partial charge in [0.15, 0.2) is 17.6 Å². The van der Waals surface area contributed by atoms with Crippen molar-refractivity contribution in [1.29, 1.82) is 0 Å². The average molecular weight is 295 g/mol. The van der Waals surface area contributed by atoms with Crippen LogP contribution in [0.1, 0.15) is 0 Å². The van der Waals surface area contributed by atoms with Crippen molar-refractivity contribution in [3.05, 3.63) is 48.8 Å². The van der Waals surface area contributed by atoms with E-state index in [9.17, 15) is 0 Å². The average Bonchev–Trinajstić information content (AvgIpc) is 3.04. The Morgan fingerprint density at radius 2 is 2.05 bits per heavy atom. The molecule has 110 valence electrons. The quantitative estimate of drug-likeness (QED) is 0.730. The second-order valence-electron chi connectivity index (χ2n) is 4.91. The zero-order valence-corrected chi connectivity index (χ0v) is 11.7. The Morgan fingerprint density at radius 1 is 1.14 bits per heavy atom. The van der Waals surface area contributed by atoms with Gasteiger partial charge in [-0.25, -0.2) is 0 Å². The highest BCUT2D eigenvalue weighted by Gasteiger charge is 2.22. The molecule has 0 saturated heterocycles. The molecule has 7 heteroatoms. The van der Waals surface area contributed by atoms with Gasteiger partial charge in [-0.3, -0.25) is 4.98 Å². The number of aromatic nitrogens is 5. The highest BCUT2D eigenvalue weighted by molar-refractivity contribution is 5.51. The molecule has 1 aromatic carbocycles. The van der Waals surface area contributed by atoms with Gasteiger partial charge in [0.25, 0.3) is 0 Å². The lowest BCUT2D eigenvalue weighted by Crippen LogP contribution is -2.33. The second kappa shape index (κ2) is 5.44. The van der Waals surface area contributed by atoms with Gasteiger partial charge in [-0.05, 0) is 29.5 Å². The Labute approximate surface area is 126 Å². The van der Waals surface area contributed by atoms with Gasteiger partial charge in [0.2, 0.25) is 5.82 Å². The predicted molar refractivity (Wildman–Crippen MR) is 77.4 cm³/mol. The van der Waals surface area contributed by atoms with Crippen LogP contribution < -0.4 is 9.47 Å². The van der Waals surface area contributed by atoms with Crippen LogP contribution in [0.4, 0.5) is 0 Å². The van der Waals surface area contributed by atoms with E-state index in [2.05, 4.69) is 20.4 Å². The second-order valence-corrected chi connectivity index (χ2v) is 4.91. The molecule has 0 N–H and O–H groups in total. The SMILES string of the molecule is c1cncc(-c2nnn(CC3COc4ccccc4O3)n2)c1. The summed E-state index contributed by atoms with van der Waals surface area (Å²) >= 11 is 0. The highest BCUT2D eigenvalue weighted by Crippen LogP contribution is 2.31. The van der Waals surface area contributed by atoms with Crippen molar-refractivity contribution in [3.63, 3.8) is 0 Å². The third kappa shape index (κ3) is 2.48. The number of para-hydroxylation sites is 2. The molecule has 7 nitrogen and oxygen atoms in total. The molecular formula is C15H13N5O2. The summed E-state index contributed by atoms with van der Waals surface area (Å²) in [4.78, 5) is 5.57. The normalized spacial score (nSPS) is 16.5. The lowest BCUT2D eigenvalue weighted by atomic mass is 10.2. The monoisotopic (exact) mass is 295 g/mol. The standard InChI is InChI=1S/C15H13N5O2/c1-2-6-14-13(5-1)21-10-12(22-14)9-20-18-15(17-19-20)11-4-3-7-16-8-11/h1-8,12H,9-10H2. The number of pyridine rings is 1. The number of tetrazole rings is 1. The molecule has 4 rings (SSSR count). The van der Waals surface area contributed by atoms with E-state index in [0.717, 1.165) is 17.1 Å². The minimum atomic E-state index is -0.147. The Kier molecular flexibility index (Phi) is 3.15. The molecule has 1 atom stereocenters. The van der Waals surface area contributed by atoms with Crippen LogP contribution in [-0.4, -0.2) is 37.9 Å². The smallest absolute Gasteiger partial charge is 0.206 e. The molecule has 1 aliphatic heterocycles. The number of fused-ring (bicyclic) bond motifs is 1. The van der Waals surface area contributed by atoms with Gasteiger partial charge in [-0.2, -0.15) is 4.80 Å². The molecule has 0 amide bonds. The molecule has 1 unspecified atom stereocenters. The van der Waals surface area contributed by atoms with E-state index in [1.54, 1.807) is 12.4 Å². The van der Waals surface area contributed by atoms with Crippen molar-refractivity contribution in [3.8, 4) is 22.9 Å². The van der Waals surface area contributed by atoms with Crippen LogP contribution in [0.25, 0.3) is 11.4 Å². The number of nitrogens with zero attached hydrogens (tertiary/aromatic N) is 5. The van der Waals surface area contributed by atoms with Gasteiger partial charge < -0.3 is 9.47 Å². The van der Waals surface area contributed by atoms with Gasteiger partial charge in [-0.1, -0.05) is 12.1 Å². The van der Waals surface area contributed by atoms with E-state index in [1.165, 1.54) is 4.80 Å². The maximum absolute atomic E-state index is 5.88. The molecule has 0 bridgehead atoms. The molecule has 0 fully saturated rings. The Hall–Kier alpha value is -2.96. The van der Waals surface area contributed by atoms with Crippen molar-refractivity contribution in [2.45, 2.75) is 12.6 Å². The minimum Gasteiger partial charge on any atom is -0.486 e. The number of benzene rings is 1. The lowest BCUT2D eigenvalue weighted by Gasteiger charge is -2.25. The van der Waals surface area contributed by atoms with E-state index < -0.39 is 0 Å². The van der Waals surface area contributed by atoms with Crippen molar-refractivity contribution in [2.24, 2.45) is 0 Å². The minimum absolute atomic E-state index is 0.147. The summed E-state index contributed by atoms with van der Waals surface area (Å²) in [5.41, 5.74) is 0.833. The number of rotatable bonds is 3. The topological polar surface area (TPSA) is 75.0 Å². The van der Waals surface area contributed by atoms with Crippen LogP contribution in [0.3, 0.4) is 0 Å². The Bertz CT molecular complexity index is 774. The van der Waals surface area contributed by atoms with Crippen molar-refractivity contribution in [2.75, 3.05) is 6.61 Å². The van der Waals surface area contributed by atoms with E-state index in [4.69, 9.17) is 9.47 Å². The summed E-state index contributed by atoms with van der Waals surface area (Å²) in [6.07, 6.45) is 3.27. The summed E-state index contributed by atoms with van der Waals surface area (Å²) in [6, 6.07) is 11.3. The van der Waals surface area contributed by atoms with Crippen LogP contribution in [0, 0.1) is 0 Å². The first-order valence-electron chi connectivity index (χ1n) is 6.95. The summed E-state index contributed by atoms with van der Waals surface area (Å²) in [5.74, 6) is 2.05. The molecule has 1 aliphatic rings. The fourth-order valence-electron chi connectivity index (χ4n) is 2.27. The van der Waals surface area contributed by atoms with Crippen LogP contribution in [0.15, 0.2) is 48.8 Å². The first-order valence-corrected chi connectivity index (χ1v) is 6.95. The summed E-state index contributed by atoms with van der Waals surface area (Å²) in [7, 11) is 0. The van der Waals surface area contributed by atoms with E-state index in [-0.39, 0.29) is 6.10 Å². The zero-order chi connectivity index (χ0) is 14.8. The fourth-order valence-corrected chi connectivity index (χ4v) is 2.27. The fraction of sp³-hybridized carbons (Fsp3) is 0.200. The summed E-state index contributed by atoms with van der Waals surface area (Å²) in [5, 5.41) is 12.4. The third-order valence-corrected chi connectivity index (χ3v) is 3.31. The predicted octanol–water partition coefficient (Wildman–Crippen LogP) is 1.58. The number of hydrogen-bond donors (Lipinski definition) is 0.